The number of nitrogens with one attached hydrogen (secondary N) is 1. The molecule has 2 aromatic heterocycles. The third-order valence-electron chi connectivity index (χ3n) is 2.09. The molecule has 0 saturated heterocycles. The Morgan fingerprint density at radius 1 is 1.53 bits per heavy atom. The highest BCUT2D eigenvalue weighted by molar-refractivity contribution is 9.10. The fourth-order valence-electron chi connectivity index (χ4n) is 1.26. The second-order valence-corrected chi connectivity index (χ2v) is 5.14. The zero-order valence-electron chi connectivity index (χ0n) is 8.68. The lowest BCUT2D eigenvalue weighted by molar-refractivity contribution is 0.0697. The molecule has 0 unspecified atom stereocenters. The van der Waals surface area contributed by atoms with Crippen LogP contribution < -0.4 is 5.32 Å². The quantitative estimate of drug-likeness (QED) is 0.851. The monoisotopic (exact) mass is 312 g/mol. The topological polar surface area (TPSA) is 62.2 Å². The first-order valence-electron chi connectivity index (χ1n) is 4.81. The van der Waals surface area contributed by atoms with E-state index in [9.17, 15) is 4.79 Å². The first-order chi connectivity index (χ1) is 8.15. The van der Waals surface area contributed by atoms with Gasteiger partial charge in [0.1, 0.15) is 4.60 Å². The van der Waals surface area contributed by atoms with Crippen LogP contribution in [0, 0.1) is 0 Å². The maximum atomic E-state index is 10.7. The SMILES string of the molecule is O=C(O)c1csc(CNc2ccc(Br)nc2)c1. The molecule has 0 bridgehead atoms. The van der Waals surface area contributed by atoms with Gasteiger partial charge in [-0.3, -0.25) is 0 Å². The number of rotatable bonds is 4. The van der Waals surface area contributed by atoms with E-state index in [2.05, 4.69) is 26.2 Å². The molecule has 0 radical (unpaired) electrons. The van der Waals surface area contributed by atoms with E-state index < -0.39 is 5.97 Å². The van der Waals surface area contributed by atoms with Gasteiger partial charge in [0.25, 0.3) is 0 Å². The van der Waals surface area contributed by atoms with E-state index in [1.807, 2.05) is 12.1 Å². The number of thiophene rings is 1. The van der Waals surface area contributed by atoms with E-state index in [-0.39, 0.29) is 0 Å². The number of nitrogens with zero attached hydrogens (tertiary/aromatic N) is 1. The summed E-state index contributed by atoms with van der Waals surface area (Å²) in [6.45, 7) is 0.598. The van der Waals surface area contributed by atoms with Crippen LogP contribution >= 0.6 is 27.3 Å². The number of hydrogen-bond donors (Lipinski definition) is 2. The van der Waals surface area contributed by atoms with Crippen LogP contribution in [0.2, 0.25) is 0 Å². The molecule has 0 saturated carbocycles. The van der Waals surface area contributed by atoms with Crippen molar-refractivity contribution in [3.8, 4) is 0 Å². The van der Waals surface area contributed by atoms with Gasteiger partial charge in [0.05, 0.1) is 17.4 Å². The Kier molecular flexibility index (Phi) is 3.75. The van der Waals surface area contributed by atoms with E-state index >= 15 is 0 Å². The highest BCUT2D eigenvalue weighted by Crippen LogP contribution is 2.17. The van der Waals surface area contributed by atoms with Gasteiger partial charge in [0.15, 0.2) is 0 Å². The van der Waals surface area contributed by atoms with Crippen LogP contribution in [0.1, 0.15) is 15.2 Å². The van der Waals surface area contributed by atoms with Crippen molar-refractivity contribution in [2.45, 2.75) is 6.54 Å². The summed E-state index contributed by atoms with van der Waals surface area (Å²) in [5.41, 5.74) is 1.24. The molecule has 2 rings (SSSR count). The summed E-state index contributed by atoms with van der Waals surface area (Å²) in [5.74, 6) is -0.891. The Morgan fingerprint density at radius 3 is 2.94 bits per heavy atom. The molecule has 17 heavy (non-hydrogen) atoms. The minimum absolute atomic E-state index is 0.334. The van der Waals surface area contributed by atoms with Gasteiger partial charge in [0.2, 0.25) is 0 Å². The Morgan fingerprint density at radius 2 is 2.35 bits per heavy atom. The first kappa shape index (κ1) is 12.1. The largest absolute Gasteiger partial charge is 0.478 e. The molecule has 2 heterocycles. The molecule has 2 aromatic rings. The third-order valence-corrected chi connectivity index (χ3v) is 3.50. The van der Waals surface area contributed by atoms with Gasteiger partial charge >= 0.3 is 5.97 Å². The van der Waals surface area contributed by atoms with E-state index in [0.29, 0.717) is 12.1 Å². The van der Waals surface area contributed by atoms with Gasteiger partial charge in [0, 0.05) is 16.8 Å². The molecule has 0 aliphatic rings. The Balaban J connectivity index is 1.97. The van der Waals surface area contributed by atoms with Gasteiger partial charge in [-0.05, 0) is 34.1 Å². The van der Waals surface area contributed by atoms with Crippen molar-refractivity contribution in [1.82, 2.24) is 4.98 Å². The highest BCUT2D eigenvalue weighted by atomic mass is 79.9. The van der Waals surface area contributed by atoms with Gasteiger partial charge in [-0.15, -0.1) is 11.3 Å². The van der Waals surface area contributed by atoms with Crippen LogP contribution in [-0.2, 0) is 6.54 Å². The van der Waals surface area contributed by atoms with Crippen LogP contribution in [0.15, 0.2) is 34.4 Å². The first-order valence-corrected chi connectivity index (χ1v) is 6.48. The summed E-state index contributed by atoms with van der Waals surface area (Å²) >= 11 is 4.69. The number of halogens is 1. The summed E-state index contributed by atoms with van der Waals surface area (Å²) in [6, 6.07) is 5.43. The van der Waals surface area contributed by atoms with Crippen molar-refractivity contribution in [1.29, 1.82) is 0 Å². The molecule has 6 heteroatoms. The van der Waals surface area contributed by atoms with Crippen molar-refractivity contribution < 1.29 is 9.90 Å². The fraction of sp³-hybridized carbons (Fsp3) is 0.0909. The predicted molar refractivity (Wildman–Crippen MR) is 70.5 cm³/mol. The van der Waals surface area contributed by atoms with Crippen molar-refractivity contribution in [3.63, 3.8) is 0 Å². The van der Waals surface area contributed by atoms with Gasteiger partial charge in [-0.2, -0.15) is 0 Å². The number of pyridine rings is 1. The van der Waals surface area contributed by atoms with Crippen molar-refractivity contribution in [2.24, 2.45) is 0 Å². The fourth-order valence-corrected chi connectivity index (χ4v) is 2.29. The molecule has 88 valence electrons. The van der Waals surface area contributed by atoms with E-state index in [4.69, 9.17) is 5.11 Å². The summed E-state index contributed by atoms with van der Waals surface area (Å²) < 4.78 is 0.785. The van der Waals surface area contributed by atoms with Crippen LogP contribution in [0.4, 0.5) is 5.69 Å². The maximum Gasteiger partial charge on any atom is 0.336 e. The van der Waals surface area contributed by atoms with E-state index in [1.165, 1.54) is 11.3 Å². The van der Waals surface area contributed by atoms with E-state index in [1.54, 1.807) is 17.6 Å². The molecule has 0 aromatic carbocycles. The second-order valence-electron chi connectivity index (χ2n) is 3.33. The lowest BCUT2D eigenvalue weighted by Gasteiger charge is -2.03. The standard InChI is InChI=1S/C11H9BrN2O2S/c12-10-2-1-8(4-14-10)13-5-9-3-7(6-17-9)11(15)16/h1-4,6,13H,5H2,(H,15,16). The summed E-state index contributed by atoms with van der Waals surface area (Å²) in [7, 11) is 0. The van der Waals surface area contributed by atoms with Crippen LogP contribution in [-0.4, -0.2) is 16.1 Å². The van der Waals surface area contributed by atoms with Gasteiger partial charge < -0.3 is 10.4 Å². The minimum Gasteiger partial charge on any atom is -0.478 e. The predicted octanol–water partition coefficient (Wildman–Crippen LogP) is 3.22. The Hall–Kier alpha value is -1.40. The zero-order valence-corrected chi connectivity index (χ0v) is 11.1. The van der Waals surface area contributed by atoms with Gasteiger partial charge in [-0.1, -0.05) is 0 Å². The van der Waals surface area contributed by atoms with E-state index in [0.717, 1.165) is 15.2 Å². The number of hydrogen-bond acceptors (Lipinski definition) is 4. The third kappa shape index (κ3) is 3.28. The highest BCUT2D eigenvalue weighted by Gasteiger charge is 2.06. The normalized spacial score (nSPS) is 10.2. The number of carboxylic acids is 1. The van der Waals surface area contributed by atoms with Gasteiger partial charge in [-0.25, -0.2) is 9.78 Å². The molecule has 0 fully saturated rings. The molecule has 0 aliphatic carbocycles. The molecule has 4 nitrogen and oxygen atoms in total. The van der Waals surface area contributed by atoms with Crippen LogP contribution in [0.3, 0.4) is 0 Å². The molecule has 2 N–H and O–H groups in total. The van der Waals surface area contributed by atoms with Crippen molar-refractivity contribution >= 4 is 38.9 Å². The average Bonchev–Trinajstić information content (AvgIpc) is 2.77. The average molecular weight is 313 g/mol. The zero-order chi connectivity index (χ0) is 12.3. The summed E-state index contributed by atoms with van der Waals surface area (Å²) in [6.07, 6.45) is 1.72. The number of aromatic nitrogens is 1. The Labute approximate surface area is 110 Å². The molecule has 0 atom stereocenters. The maximum absolute atomic E-state index is 10.7. The molecule has 0 aliphatic heterocycles. The Bertz CT molecular complexity index is 525. The minimum atomic E-state index is -0.891. The number of anilines is 1. The smallest absolute Gasteiger partial charge is 0.336 e. The molecular formula is C11H9BrN2O2S. The van der Waals surface area contributed by atoms with Crippen molar-refractivity contribution in [2.75, 3.05) is 5.32 Å². The number of carboxylic acid groups (broad SMARTS) is 1. The lowest BCUT2D eigenvalue weighted by Crippen LogP contribution is -1.98. The summed E-state index contributed by atoms with van der Waals surface area (Å²) in [4.78, 5) is 15.8. The molecule has 0 amide bonds. The summed E-state index contributed by atoms with van der Waals surface area (Å²) in [5, 5.41) is 13.6. The molecular weight excluding hydrogens is 304 g/mol. The lowest BCUT2D eigenvalue weighted by atomic mass is 10.3. The second kappa shape index (κ2) is 5.29. The van der Waals surface area contributed by atoms with Crippen LogP contribution in [0.5, 0.6) is 0 Å². The van der Waals surface area contributed by atoms with Crippen molar-refractivity contribution in [3.05, 3.63) is 44.8 Å². The van der Waals surface area contributed by atoms with Crippen LogP contribution in [0.25, 0.3) is 0 Å². The molecule has 0 spiro atoms. The number of carbonyl (C=O) groups is 1. The number of aromatic carboxylic acids is 1.